The van der Waals surface area contributed by atoms with E-state index in [-0.39, 0.29) is 6.61 Å². The second kappa shape index (κ2) is 6.96. The number of thiazole rings is 1. The van der Waals surface area contributed by atoms with Crippen LogP contribution < -0.4 is 5.32 Å². The minimum atomic E-state index is -0.0405. The first kappa shape index (κ1) is 15.7. The Hall–Kier alpha value is -2.83. The van der Waals surface area contributed by atoms with Crippen LogP contribution in [0.5, 0.6) is 0 Å². The van der Waals surface area contributed by atoms with E-state index in [1.165, 1.54) is 11.3 Å². The van der Waals surface area contributed by atoms with Crippen molar-refractivity contribution in [1.82, 2.24) is 15.0 Å². The first-order valence-electron chi connectivity index (χ1n) is 7.94. The third-order valence-electron chi connectivity index (χ3n) is 3.81. The van der Waals surface area contributed by atoms with Crippen LogP contribution in [0.3, 0.4) is 0 Å². The monoisotopic (exact) mass is 348 g/mol. The van der Waals surface area contributed by atoms with Crippen LogP contribution in [0.2, 0.25) is 0 Å². The number of aliphatic hydroxyl groups excluding tert-OH is 1. The average molecular weight is 348 g/mol. The van der Waals surface area contributed by atoms with Crippen molar-refractivity contribution in [2.45, 2.75) is 13.2 Å². The molecule has 0 spiro atoms. The molecule has 0 atom stereocenters. The van der Waals surface area contributed by atoms with Crippen molar-refractivity contribution < 1.29 is 5.11 Å². The number of fused-ring (bicyclic) bond motifs is 1. The standard InChI is InChI=1S/C19H16N4OS/c24-11-14-12-25-17(21-14)10-20-19-22-16-9-5-4-8-15(16)18(23-19)13-6-2-1-3-7-13/h1-9,12,24H,10-11H2,(H,20,22,23). The maximum atomic E-state index is 9.12. The third-order valence-corrected chi connectivity index (χ3v) is 4.71. The minimum Gasteiger partial charge on any atom is -0.390 e. The van der Waals surface area contributed by atoms with Gasteiger partial charge in [0.2, 0.25) is 5.95 Å². The van der Waals surface area contributed by atoms with E-state index in [1.807, 2.05) is 60.0 Å². The first-order valence-corrected chi connectivity index (χ1v) is 8.81. The third kappa shape index (κ3) is 3.35. The van der Waals surface area contributed by atoms with Crippen LogP contribution >= 0.6 is 11.3 Å². The summed E-state index contributed by atoms with van der Waals surface area (Å²) in [6, 6.07) is 18.1. The van der Waals surface area contributed by atoms with E-state index in [0.717, 1.165) is 27.2 Å². The quantitative estimate of drug-likeness (QED) is 0.573. The Bertz CT molecular complexity index is 1000. The normalized spacial score (nSPS) is 10.9. The molecule has 0 radical (unpaired) electrons. The Balaban J connectivity index is 1.69. The van der Waals surface area contributed by atoms with E-state index in [9.17, 15) is 0 Å². The number of anilines is 1. The summed E-state index contributed by atoms with van der Waals surface area (Å²) in [4.78, 5) is 13.7. The lowest BCUT2D eigenvalue weighted by Gasteiger charge is -2.09. The molecule has 5 nitrogen and oxygen atoms in total. The van der Waals surface area contributed by atoms with Crippen molar-refractivity contribution in [2.24, 2.45) is 0 Å². The molecule has 0 aliphatic rings. The minimum absolute atomic E-state index is 0.0405. The lowest BCUT2D eigenvalue weighted by molar-refractivity contribution is 0.277. The SMILES string of the molecule is OCc1csc(CNc2nc(-c3ccccc3)c3ccccc3n2)n1. The van der Waals surface area contributed by atoms with Gasteiger partial charge in [0.25, 0.3) is 0 Å². The Labute approximate surface area is 149 Å². The van der Waals surface area contributed by atoms with Gasteiger partial charge in [-0.2, -0.15) is 0 Å². The van der Waals surface area contributed by atoms with Crippen molar-refractivity contribution in [2.75, 3.05) is 5.32 Å². The number of rotatable bonds is 5. The van der Waals surface area contributed by atoms with Gasteiger partial charge in [0.05, 0.1) is 30.1 Å². The number of nitrogens with zero attached hydrogens (tertiary/aromatic N) is 3. The predicted molar refractivity (Wildman–Crippen MR) is 100 cm³/mol. The molecule has 0 unspecified atom stereocenters. The van der Waals surface area contributed by atoms with Gasteiger partial charge in [-0.3, -0.25) is 0 Å². The maximum absolute atomic E-state index is 9.12. The summed E-state index contributed by atoms with van der Waals surface area (Å²) < 4.78 is 0. The highest BCUT2D eigenvalue weighted by Crippen LogP contribution is 2.27. The van der Waals surface area contributed by atoms with E-state index in [2.05, 4.69) is 15.3 Å². The largest absolute Gasteiger partial charge is 0.390 e. The molecule has 0 saturated heterocycles. The summed E-state index contributed by atoms with van der Waals surface area (Å²) in [6.45, 7) is 0.484. The fourth-order valence-corrected chi connectivity index (χ4v) is 3.35. The van der Waals surface area contributed by atoms with Gasteiger partial charge < -0.3 is 10.4 Å². The van der Waals surface area contributed by atoms with E-state index < -0.39 is 0 Å². The number of nitrogens with one attached hydrogen (secondary N) is 1. The molecule has 2 aromatic carbocycles. The molecule has 4 rings (SSSR count). The highest BCUT2D eigenvalue weighted by Gasteiger charge is 2.10. The van der Waals surface area contributed by atoms with Crippen LogP contribution in [0.25, 0.3) is 22.2 Å². The number of hydrogen-bond donors (Lipinski definition) is 2. The van der Waals surface area contributed by atoms with Gasteiger partial charge in [-0.15, -0.1) is 11.3 Å². The number of aromatic nitrogens is 3. The maximum Gasteiger partial charge on any atom is 0.224 e. The van der Waals surface area contributed by atoms with Gasteiger partial charge in [0.1, 0.15) is 5.01 Å². The number of aliphatic hydroxyl groups is 1. The summed E-state index contributed by atoms with van der Waals surface area (Å²) >= 11 is 1.51. The smallest absolute Gasteiger partial charge is 0.224 e. The molecular formula is C19H16N4OS. The highest BCUT2D eigenvalue weighted by atomic mass is 32.1. The Morgan fingerprint density at radius 2 is 1.72 bits per heavy atom. The molecule has 124 valence electrons. The van der Waals surface area contributed by atoms with E-state index in [4.69, 9.17) is 10.1 Å². The lowest BCUT2D eigenvalue weighted by Crippen LogP contribution is -2.05. The fraction of sp³-hybridized carbons (Fsp3) is 0.105. The van der Waals surface area contributed by atoms with Crippen molar-refractivity contribution in [3.8, 4) is 11.3 Å². The molecule has 0 aliphatic heterocycles. The first-order chi connectivity index (χ1) is 12.3. The van der Waals surface area contributed by atoms with Gasteiger partial charge in [-0.1, -0.05) is 48.5 Å². The van der Waals surface area contributed by atoms with E-state index >= 15 is 0 Å². The molecule has 0 aliphatic carbocycles. The van der Waals surface area contributed by atoms with Gasteiger partial charge >= 0.3 is 0 Å². The molecule has 0 bridgehead atoms. The summed E-state index contributed by atoms with van der Waals surface area (Å²) in [7, 11) is 0. The summed E-state index contributed by atoms with van der Waals surface area (Å²) in [6.07, 6.45) is 0. The van der Waals surface area contributed by atoms with Gasteiger partial charge in [0, 0.05) is 16.3 Å². The van der Waals surface area contributed by atoms with Crippen molar-refractivity contribution >= 4 is 28.2 Å². The van der Waals surface area contributed by atoms with Gasteiger partial charge in [0.15, 0.2) is 0 Å². The molecule has 0 fully saturated rings. The molecule has 2 N–H and O–H groups in total. The number of benzene rings is 2. The number of hydrogen-bond acceptors (Lipinski definition) is 6. The zero-order valence-corrected chi connectivity index (χ0v) is 14.2. The Morgan fingerprint density at radius 3 is 2.52 bits per heavy atom. The molecule has 2 aromatic heterocycles. The van der Waals surface area contributed by atoms with Crippen LogP contribution in [0.15, 0.2) is 60.0 Å². The van der Waals surface area contributed by atoms with Crippen LogP contribution in [-0.4, -0.2) is 20.1 Å². The Kier molecular flexibility index (Phi) is 4.37. The molecule has 0 saturated carbocycles. The predicted octanol–water partition coefficient (Wildman–Crippen LogP) is 3.86. The number of para-hydroxylation sites is 1. The molecule has 6 heteroatoms. The van der Waals surface area contributed by atoms with Crippen molar-refractivity contribution in [3.63, 3.8) is 0 Å². The molecule has 25 heavy (non-hydrogen) atoms. The second-order valence-corrected chi connectivity index (χ2v) is 6.47. The highest BCUT2D eigenvalue weighted by molar-refractivity contribution is 7.09. The van der Waals surface area contributed by atoms with Crippen molar-refractivity contribution in [1.29, 1.82) is 0 Å². The van der Waals surface area contributed by atoms with Gasteiger partial charge in [-0.25, -0.2) is 15.0 Å². The van der Waals surface area contributed by atoms with E-state index in [1.54, 1.807) is 0 Å². The molecule has 4 aromatic rings. The molecule has 2 heterocycles. The Morgan fingerprint density at radius 1 is 0.920 bits per heavy atom. The van der Waals surface area contributed by atoms with Crippen LogP contribution in [0, 0.1) is 0 Å². The topological polar surface area (TPSA) is 70.9 Å². The van der Waals surface area contributed by atoms with E-state index in [0.29, 0.717) is 18.2 Å². The van der Waals surface area contributed by atoms with Crippen molar-refractivity contribution in [3.05, 3.63) is 70.7 Å². The van der Waals surface area contributed by atoms with Crippen LogP contribution in [0.4, 0.5) is 5.95 Å². The zero-order valence-electron chi connectivity index (χ0n) is 13.4. The van der Waals surface area contributed by atoms with Gasteiger partial charge in [-0.05, 0) is 6.07 Å². The summed E-state index contributed by atoms with van der Waals surface area (Å²) in [5.74, 6) is 0.568. The average Bonchev–Trinajstić information content (AvgIpc) is 3.14. The molecule has 0 amide bonds. The zero-order chi connectivity index (χ0) is 17.1. The fourth-order valence-electron chi connectivity index (χ4n) is 2.63. The van der Waals surface area contributed by atoms with Crippen LogP contribution in [-0.2, 0) is 13.2 Å². The summed E-state index contributed by atoms with van der Waals surface area (Å²) in [5.41, 5.74) is 3.55. The second-order valence-electron chi connectivity index (χ2n) is 5.52. The molecular weight excluding hydrogens is 332 g/mol. The lowest BCUT2D eigenvalue weighted by atomic mass is 10.1. The van der Waals surface area contributed by atoms with Crippen LogP contribution in [0.1, 0.15) is 10.7 Å². The summed E-state index contributed by atoms with van der Waals surface area (Å²) in [5, 5.41) is 16.1.